The summed E-state index contributed by atoms with van der Waals surface area (Å²) in [6.07, 6.45) is 3.96. The third kappa shape index (κ3) is 3.81. The van der Waals surface area contributed by atoms with E-state index in [0.717, 1.165) is 49.4 Å². The highest BCUT2D eigenvalue weighted by Gasteiger charge is 2.16. The highest BCUT2D eigenvalue weighted by molar-refractivity contribution is 9.10. The zero-order chi connectivity index (χ0) is 12.8. The molecule has 0 saturated carbocycles. The molecule has 100 valence electrons. The highest BCUT2D eigenvalue weighted by Crippen LogP contribution is 2.21. The van der Waals surface area contributed by atoms with E-state index in [0.29, 0.717) is 11.9 Å². The maximum absolute atomic E-state index is 5.36. The van der Waals surface area contributed by atoms with Gasteiger partial charge in [0.15, 0.2) is 0 Å². The lowest BCUT2D eigenvalue weighted by Gasteiger charge is -2.12. The Morgan fingerprint density at radius 2 is 2.39 bits per heavy atom. The third-order valence-electron chi connectivity index (χ3n) is 2.86. The van der Waals surface area contributed by atoms with Crippen LogP contribution in [0.2, 0.25) is 0 Å². The molecular weight excluding hydrogens is 296 g/mol. The second-order valence-electron chi connectivity index (χ2n) is 4.43. The van der Waals surface area contributed by atoms with Crippen molar-refractivity contribution in [2.45, 2.75) is 19.8 Å². The molecule has 1 aromatic heterocycles. The summed E-state index contributed by atoms with van der Waals surface area (Å²) in [6.45, 7) is 5.61. The lowest BCUT2D eigenvalue weighted by Crippen LogP contribution is -2.16. The minimum Gasteiger partial charge on any atom is -0.381 e. The first-order valence-electron chi connectivity index (χ1n) is 6.37. The fraction of sp³-hybridized carbons (Fsp3) is 0.667. The van der Waals surface area contributed by atoms with E-state index in [9.17, 15) is 0 Å². The number of hydrogen-bond donors (Lipinski definition) is 2. The maximum atomic E-state index is 5.36. The minimum atomic E-state index is 0.582. The SMILES string of the molecule is CCCNc1ncc(Br)c(NCC2CCOC2)n1. The summed E-state index contributed by atoms with van der Waals surface area (Å²) in [5.74, 6) is 2.10. The van der Waals surface area contributed by atoms with Crippen molar-refractivity contribution in [3.63, 3.8) is 0 Å². The molecule has 0 bridgehead atoms. The Balaban J connectivity index is 1.92. The summed E-state index contributed by atoms with van der Waals surface area (Å²) in [4.78, 5) is 8.67. The van der Waals surface area contributed by atoms with Gasteiger partial charge in [0, 0.05) is 31.8 Å². The van der Waals surface area contributed by atoms with Crippen LogP contribution in [0.15, 0.2) is 10.7 Å². The molecule has 1 aliphatic rings. The predicted octanol–water partition coefficient (Wildman–Crippen LogP) is 2.51. The number of ether oxygens (including phenoxy) is 1. The van der Waals surface area contributed by atoms with Gasteiger partial charge in [-0.15, -0.1) is 0 Å². The molecule has 0 spiro atoms. The molecule has 1 aliphatic heterocycles. The number of aromatic nitrogens is 2. The molecule has 0 radical (unpaired) electrons. The van der Waals surface area contributed by atoms with Crippen LogP contribution in [-0.2, 0) is 4.74 Å². The Labute approximate surface area is 116 Å². The van der Waals surface area contributed by atoms with Crippen molar-refractivity contribution in [2.75, 3.05) is 36.9 Å². The number of hydrogen-bond acceptors (Lipinski definition) is 5. The van der Waals surface area contributed by atoms with Gasteiger partial charge in [0.05, 0.1) is 11.1 Å². The van der Waals surface area contributed by atoms with Gasteiger partial charge in [-0.2, -0.15) is 4.98 Å². The monoisotopic (exact) mass is 314 g/mol. The molecule has 18 heavy (non-hydrogen) atoms. The first kappa shape index (κ1) is 13.5. The number of halogens is 1. The summed E-state index contributed by atoms with van der Waals surface area (Å²) < 4.78 is 6.25. The molecule has 0 aliphatic carbocycles. The fourth-order valence-corrected chi connectivity index (χ4v) is 2.13. The summed E-state index contributed by atoms with van der Waals surface area (Å²) >= 11 is 3.46. The van der Waals surface area contributed by atoms with Gasteiger partial charge in [-0.25, -0.2) is 4.98 Å². The number of nitrogens with one attached hydrogen (secondary N) is 2. The summed E-state index contributed by atoms with van der Waals surface area (Å²) in [5.41, 5.74) is 0. The van der Waals surface area contributed by atoms with Gasteiger partial charge in [0.1, 0.15) is 5.82 Å². The van der Waals surface area contributed by atoms with Crippen molar-refractivity contribution in [2.24, 2.45) is 5.92 Å². The number of nitrogens with zero attached hydrogens (tertiary/aromatic N) is 2. The average molecular weight is 315 g/mol. The molecule has 1 atom stereocenters. The molecule has 0 aromatic carbocycles. The number of anilines is 2. The average Bonchev–Trinajstić information content (AvgIpc) is 2.89. The minimum absolute atomic E-state index is 0.582. The van der Waals surface area contributed by atoms with Gasteiger partial charge in [-0.3, -0.25) is 0 Å². The molecule has 0 amide bonds. The van der Waals surface area contributed by atoms with E-state index >= 15 is 0 Å². The van der Waals surface area contributed by atoms with Crippen molar-refractivity contribution in [3.8, 4) is 0 Å². The smallest absolute Gasteiger partial charge is 0.224 e. The lowest BCUT2D eigenvalue weighted by molar-refractivity contribution is 0.187. The Morgan fingerprint density at radius 3 is 3.11 bits per heavy atom. The van der Waals surface area contributed by atoms with E-state index in [1.165, 1.54) is 0 Å². The zero-order valence-electron chi connectivity index (χ0n) is 10.6. The van der Waals surface area contributed by atoms with Crippen molar-refractivity contribution in [1.29, 1.82) is 0 Å². The quantitative estimate of drug-likeness (QED) is 0.845. The first-order valence-corrected chi connectivity index (χ1v) is 7.17. The first-order chi connectivity index (χ1) is 8.79. The van der Waals surface area contributed by atoms with E-state index in [2.05, 4.69) is 43.5 Å². The van der Waals surface area contributed by atoms with Gasteiger partial charge in [-0.1, -0.05) is 6.92 Å². The van der Waals surface area contributed by atoms with Crippen LogP contribution in [0.25, 0.3) is 0 Å². The van der Waals surface area contributed by atoms with Crippen LogP contribution in [0.4, 0.5) is 11.8 Å². The summed E-state index contributed by atoms with van der Waals surface area (Å²) in [7, 11) is 0. The normalized spacial score (nSPS) is 18.9. The van der Waals surface area contributed by atoms with Crippen LogP contribution in [0, 0.1) is 5.92 Å². The Bertz CT molecular complexity index is 382. The largest absolute Gasteiger partial charge is 0.381 e. The topological polar surface area (TPSA) is 59.1 Å². The molecule has 2 rings (SSSR count). The third-order valence-corrected chi connectivity index (χ3v) is 3.44. The van der Waals surface area contributed by atoms with Crippen LogP contribution in [-0.4, -0.2) is 36.3 Å². The highest BCUT2D eigenvalue weighted by atomic mass is 79.9. The van der Waals surface area contributed by atoms with E-state index in [-0.39, 0.29) is 0 Å². The van der Waals surface area contributed by atoms with Gasteiger partial charge in [0.2, 0.25) is 5.95 Å². The van der Waals surface area contributed by atoms with Crippen LogP contribution in [0.1, 0.15) is 19.8 Å². The van der Waals surface area contributed by atoms with E-state index in [1.54, 1.807) is 6.20 Å². The maximum Gasteiger partial charge on any atom is 0.224 e. The van der Waals surface area contributed by atoms with Gasteiger partial charge in [0.25, 0.3) is 0 Å². The van der Waals surface area contributed by atoms with Gasteiger partial charge < -0.3 is 15.4 Å². The van der Waals surface area contributed by atoms with Crippen molar-refractivity contribution < 1.29 is 4.74 Å². The second-order valence-corrected chi connectivity index (χ2v) is 5.28. The predicted molar refractivity (Wildman–Crippen MR) is 75.9 cm³/mol. The van der Waals surface area contributed by atoms with Crippen molar-refractivity contribution in [1.82, 2.24) is 9.97 Å². The van der Waals surface area contributed by atoms with E-state index in [1.807, 2.05) is 0 Å². The van der Waals surface area contributed by atoms with E-state index in [4.69, 9.17) is 4.74 Å². The second kappa shape index (κ2) is 6.89. The van der Waals surface area contributed by atoms with E-state index < -0.39 is 0 Å². The van der Waals surface area contributed by atoms with Gasteiger partial charge in [-0.05, 0) is 28.8 Å². The van der Waals surface area contributed by atoms with Crippen LogP contribution >= 0.6 is 15.9 Å². The molecule has 1 unspecified atom stereocenters. The molecule has 1 fully saturated rings. The molecular formula is C12H19BrN4O. The summed E-state index contributed by atoms with van der Waals surface area (Å²) in [5, 5.41) is 6.54. The Kier molecular flexibility index (Phi) is 5.19. The summed E-state index contributed by atoms with van der Waals surface area (Å²) in [6, 6.07) is 0. The molecule has 2 heterocycles. The van der Waals surface area contributed by atoms with Crippen LogP contribution in [0.5, 0.6) is 0 Å². The standard InChI is InChI=1S/C12H19BrN4O/c1-2-4-14-12-16-7-10(13)11(17-12)15-6-9-3-5-18-8-9/h7,9H,2-6,8H2,1H3,(H2,14,15,16,17). The van der Waals surface area contributed by atoms with Gasteiger partial charge >= 0.3 is 0 Å². The van der Waals surface area contributed by atoms with Crippen LogP contribution < -0.4 is 10.6 Å². The van der Waals surface area contributed by atoms with Crippen molar-refractivity contribution >= 4 is 27.7 Å². The molecule has 1 saturated heterocycles. The van der Waals surface area contributed by atoms with Crippen LogP contribution in [0.3, 0.4) is 0 Å². The molecule has 6 heteroatoms. The molecule has 5 nitrogen and oxygen atoms in total. The van der Waals surface area contributed by atoms with Crippen molar-refractivity contribution in [3.05, 3.63) is 10.7 Å². The fourth-order valence-electron chi connectivity index (χ4n) is 1.80. The molecule has 2 N–H and O–H groups in total. The zero-order valence-corrected chi connectivity index (χ0v) is 12.2. The lowest BCUT2D eigenvalue weighted by atomic mass is 10.1. The number of rotatable bonds is 6. The Hall–Kier alpha value is -0.880. The molecule has 1 aromatic rings. The Morgan fingerprint density at radius 1 is 1.50 bits per heavy atom.